The summed E-state index contributed by atoms with van der Waals surface area (Å²) in [4.78, 5) is 4.12. The van der Waals surface area contributed by atoms with E-state index in [4.69, 9.17) is 21.1 Å². The van der Waals surface area contributed by atoms with E-state index in [0.717, 1.165) is 47.1 Å². The predicted octanol–water partition coefficient (Wildman–Crippen LogP) is 6.49. The van der Waals surface area contributed by atoms with Crippen LogP contribution in [0.3, 0.4) is 0 Å². The molecular formula is C33H32ClN3O4. The molecule has 5 rings (SSSR count). The number of aliphatic hydroxyl groups excluding tert-OH is 1. The molecule has 210 valence electrons. The minimum atomic E-state index is -0.188. The zero-order chi connectivity index (χ0) is 28.8. The van der Waals surface area contributed by atoms with Crippen LogP contribution in [0.4, 0.5) is 0 Å². The molecule has 1 aromatic heterocycles. The molecule has 0 saturated carbocycles. The molecule has 0 amide bonds. The lowest BCUT2D eigenvalue weighted by Crippen LogP contribution is -2.31. The molecule has 0 unspecified atom stereocenters. The molecule has 2 atom stereocenters. The molecule has 1 heterocycles. The van der Waals surface area contributed by atoms with E-state index in [0.29, 0.717) is 28.6 Å². The van der Waals surface area contributed by atoms with Gasteiger partial charge in [-0.2, -0.15) is 5.26 Å². The molecule has 1 aliphatic rings. The second-order valence-corrected chi connectivity index (χ2v) is 10.5. The van der Waals surface area contributed by atoms with Crippen LogP contribution in [0, 0.1) is 11.3 Å². The molecule has 3 aromatic carbocycles. The van der Waals surface area contributed by atoms with Crippen LogP contribution >= 0.6 is 11.6 Å². The first-order valence-corrected chi connectivity index (χ1v) is 14.1. The number of nitrogens with zero attached hydrogens (tertiary/aromatic N) is 2. The van der Waals surface area contributed by atoms with E-state index in [9.17, 15) is 15.5 Å². The van der Waals surface area contributed by atoms with Gasteiger partial charge in [0.2, 0.25) is 0 Å². The Balaban J connectivity index is 1.42. The summed E-state index contributed by atoms with van der Waals surface area (Å²) in [6, 6.07) is 20.9. The highest BCUT2D eigenvalue weighted by atomic mass is 35.5. The summed E-state index contributed by atoms with van der Waals surface area (Å²) >= 11 is 6.76. The average Bonchev–Trinajstić information content (AvgIpc) is 3.41. The van der Waals surface area contributed by atoms with Gasteiger partial charge < -0.3 is 25.0 Å². The first-order valence-electron chi connectivity index (χ1n) is 13.7. The van der Waals surface area contributed by atoms with Gasteiger partial charge in [0.05, 0.1) is 17.2 Å². The van der Waals surface area contributed by atoms with Crippen LogP contribution in [0.5, 0.6) is 17.2 Å². The third-order valence-corrected chi connectivity index (χ3v) is 7.67. The molecule has 4 aromatic rings. The van der Waals surface area contributed by atoms with Crippen molar-refractivity contribution < 1.29 is 19.7 Å². The molecule has 0 spiro atoms. The maximum atomic E-state index is 10.0. The van der Waals surface area contributed by atoms with Crippen molar-refractivity contribution in [2.24, 2.45) is 0 Å². The largest absolute Gasteiger partial charge is 0.508 e. The molecule has 3 N–H and O–H groups in total. The Bertz CT molecular complexity index is 1560. The third kappa shape index (κ3) is 6.63. The number of phenols is 1. The van der Waals surface area contributed by atoms with E-state index in [1.165, 1.54) is 11.8 Å². The van der Waals surface area contributed by atoms with Gasteiger partial charge in [0, 0.05) is 42.2 Å². The molecule has 8 heteroatoms. The van der Waals surface area contributed by atoms with Gasteiger partial charge in [-0.25, -0.2) is 0 Å². The van der Waals surface area contributed by atoms with Crippen molar-refractivity contribution in [3.63, 3.8) is 0 Å². The van der Waals surface area contributed by atoms with Gasteiger partial charge in [0.25, 0.3) is 0 Å². The molecule has 41 heavy (non-hydrogen) atoms. The summed E-state index contributed by atoms with van der Waals surface area (Å²) in [7, 11) is 0. The van der Waals surface area contributed by atoms with Gasteiger partial charge in [-0.3, -0.25) is 4.98 Å². The van der Waals surface area contributed by atoms with Gasteiger partial charge in [-0.05, 0) is 65.8 Å². The van der Waals surface area contributed by atoms with Crippen molar-refractivity contribution in [1.29, 1.82) is 5.26 Å². The third-order valence-electron chi connectivity index (χ3n) is 7.37. The molecule has 1 aliphatic carbocycles. The zero-order valence-electron chi connectivity index (χ0n) is 22.8. The van der Waals surface area contributed by atoms with E-state index in [1.54, 1.807) is 24.4 Å². The normalized spacial score (nSPS) is 14.7. The standard InChI is InChI=1S/C33H32ClN3O4/c1-2-25(19-38)37-18-24-13-30(34)33(14-32(24)40-20-22-11-21(15-35)16-36-17-22)41-31-10-9-28-27(7-4-8-29(28)31)23-5-3-6-26(39)12-23/h3-8,11-14,16-17,25,31,37-39H,2,9-10,18-20H2,1H3/t25-,31+/m1/s1. The van der Waals surface area contributed by atoms with Gasteiger partial charge >= 0.3 is 0 Å². The number of aromatic nitrogens is 1. The lowest BCUT2D eigenvalue weighted by atomic mass is 9.96. The number of rotatable bonds is 11. The zero-order valence-corrected chi connectivity index (χ0v) is 23.6. The van der Waals surface area contributed by atoms with Crippen molar-refractivity contribution in [3.05, 3.63) is 106 Å². The molecule has 0 aliphatic heterocycles. The van der Waals surface area contributed by atoms with Crippen LogP contribution in [0.15, 0.2) is 73.1 Å². The Morgan fingerprint density at radius 2 is 1.98 bits per heavy atom. The topological polar surface area (TPSA) is 108 Å². The number of halogens is 1. The average molecular weight is 570 g/mol. The van der Waals surface area contributed by atoms with Crippen molar-refractivity contribution in [1.82, 2.24) is 10.3 Å². The summed E-state index contributed by atoms with van der Waals surface area (Å²) in [5.41, 5.74) is 6.42. The number of aromatic hydroxyl groups is 1. The number of hydrogen-bond acceptors (Lipinski definition) is 7. The van der Waals surface area contributed by atoms with Gasteiger partial charge in [-0.15, -0.1) is 0 Å². The number of fused-ring (bicyclic) bond motifs is 1. The predicted molar refractivity (Wildman–Crippen MR) is 158 cm³/mol. The Morgan fingerprint density at radius 1 is 1.12 bits per heavy atom. The molecule has 7 nitrogen and oxygen atoms in total. The first kappa shape index (κ1) is 28.4. The second-order valence-electron chi connectivity index (χ2n) is 10.1. The monoisotopic (exact) mass is 569 g/mol. The van der Waals surface area contributed by atoms with E-state index < -0.39 is 0 Å². The van der Waals surface area contributed by atoms with E-state index in [-0.39, 0.29) is 31.1 Å². The molecular weight excluding hydrogens is 538 g/mol. The Hall–Kier alpha value is -4.09. The number of phenolic OH excluding ortho intramolecular Hbond substituents is 1. The summed E-state index contributed by atoms with van der Waals surface area (Å²) in [5, 5.41) is 32.7. The summed E-state index contributed by atoms with van der Waals surface area (Å²) in [6.07, 6.45) is 5.41. The lowest BCUT2D eigenvalue weighted by molar-refractivity contribution is 0.205. The fourth-order valence-corrected chi connectivity index (χ4v) is 5.39. The number of hydrogen-bond donors (Lipinski definition) is 3. The number of aliphatic hydroxyl groups is 1. The Labute approximate surface area is 245 Å². The highest BCUT2D eigenvalue weighted by Crippen LogP contribution is 2.43. The fraction of sp³-hybridized carbons (Fsp3) is 0.273. The van der Waals surface area contributed by atoms with Crippen LogP contribution in [0.2, 0.25) is 5.02 Å². The van der Waals surface area contributed by atoms with Gasteiger partial charge in [0.1, 0.15) is 36.0 Å². The van der Waals surface area contributed by atoms with Crippen molar-refractivity contribution in [2.45, 2.75) is 51.5 Å². The number of pyridine rings is 1. The quantitative estimate of drug-likeness (QED) is 0.189. The van der Waals surface area contributed by atoms with Crippen LogP contribution < -0.4 is 14.8 Å². The summed E-state index contributed by atoms with van der Waals surface area (Å²) in [5.74, 6) is 1.35. The van der Waals surface area contributed by atoms with Gasteiger partial charge in [-0.1, -0.05) is 48.9 Å². The van der Waals surface area contributed by atoms with E-state index in [1.807, 2.05) is 37.3 Å². The first-order chi connectivity index (χ1) is 20.0. The lowest BCUT2D eigenvalue weighted by Gasteiger charge is -2.21. The van der Waals surface area contributed by atoms with E-state index in [2.05, 4.69) is 28.5 Å². The van der Waals surface area contributed by atoms with Crippen LogP contribution in [-0.2, 0) is 19.6 Å². The Morgan fingerprint density at radius 3 is 2.76 bits per heavy atom. The number of nitriles is 1. The van der Waals surface area contributed by atoms with Crippen molar-refractivity contribution in [2.75, 3.05) is 6.61 Å². The fourth-order valence-electron chi connectivity index (χ4n) is 5.16. The molecule has 0 bridgehead atoms. The minimum Gasteiger partial charge on any atom is -0.508 e. The van der Waals surface area contributed by atoms with Crippen molar-refractivity contribution in [3.8, 4) is 34.4 Å². The van der Waals surface area contributed by atoms with Crippen LogP contribution in [0.1, 0.15) is 53.7 Å². The maximum Gasteiger partial charge on any atom is 0.142 e. The molecule has 0 fully saturated rings. The smallest absolute Gasteiger partial charge is 0.142 e. The van der Waals surface area contributed by atoms with Gasteiger partial charge in [0.15, 0.2) is 0 Å². The van der Waals surface area contributed by atoms with Crippen molar-refractivity contribution >= 4 is 11.6 Å². The molecule has 0 radical (unpaired) electrons. The number of benzene rings is 3. The Kier molecular flexibility index (Phi) is 9.05. The molecule has 0 saturated heterocycles. The van der Waals surface area contributed by atoms with Crippen LogP contribution in [0.25, 0.3) is 11.1 Å². The highest BCUT2D eigenvalue weighted by Gasteiger charge is 2.28. The second kappa shape index (κ2) is 13.0. The number of nitrogens with one attached hydrogen (secondary N) is 1. The minimum absolute atomic E-state index is 0.0277. The maximum absolute atomic E-state index is 10.0. The SMILES string of the molecule is CC[C@H](CO)NCc1cc(Cl)c(O[C@H]2CCc3c(-c4cccc(O)c4)cccc32)cc1OCc1cncc(C#N)c1. The summed E-state index contributed by atoms with van der Waals surface area (Å²) in [6.45, 7) is 2.70. The highest BCUT2D eigenvalue weighted by molar-refractivity contribution is 6.32. The number of ether oxygens (including phenoxy) is 2. The van der Waals surface area contributed by atoms with E-state index >= 15 is 0 Å². The summed E-state index contributed by atoms with van der Waals surface area (Å²) < 4.78 is 12.7. The van der Waals surface area contributed by atoms with Crippen LogP contribution in [-0.4, -0.2) is 27.8 Å².